The Bertz CT molecular complexity index is 1110. The second-order valence-corrected chi connectivity index (χ2v) is 7.13. The third-order valence-electron chi connectivity index (χ3n) is 4.19. The van der Waals surface area contributed by atoms with Crippen molar-refractivity contribution in [2.24, 2.45) is 0 Å². The van der Waals surface area contributed by atoms with E-state index in [0.29, 0.717) is 5.56 Å². The van der Waals surface area contributed by atoms with Crippen LogP contribution in [0.3, 0.4) is 0 Å². The van der Waals surface area contributed by atoms with Gasteiger partial charge in [0.15, 0.2) is 11.6 Å². The van der Waals surface area contributed by atoms with E-state index in [4.69, 9.17) is 33.0 Å². The number of nitrogens with one attached hydrogen (secondary N) is 1. The fraction of sp³-hybridized carbons (Fsp3) is 0.0952. The molecule has 1 atom stereocenters. The molecule has 0 fully saturated rings. The molecule has 154 valence electrons. The summed E-state index contributed by atoms with van der Waals surface area (Å²) in [6.45, 7) is 1.73. The van der Waals surface area contributed by atoms with Gasteiger partial charge in [-0.3, -0.25) is 4.79 Å². The molecule has 30 heavy (non-hydrogen) atoms. The first kappa shape index (κ1) is 21.5. The molecular weight excluding hydrogens is 434 g/mol. The van der Waals surface area contributed by atoms with E-state index in [2.05, 4.69) is 10.3 Å². The van der Waals surface area contributed by atoms with E-state index in [1.807, 2.05) is 0 Å². The Morgan fingerprint density at radius 3 is 2.53 bits per heavy atom. The van der Waals surface area contributed by atoms with Crippen LogP contribution in [0.15, 0.2) is 54.7 Å². The smallest absolute Gasteiger partial charge is 0.335 e. The number of aromatic nitrogens is 1. The normalized spacial score (nSPS) is 11.6. The molecule has 2 N–H and O–H groups in total. The van der Waals surface area contributed by atoms with Crippen LogP contribution in [0.1, 0.15) is 39.2 Å². The molecule has 0 saturated carbocycles. The molecule has 9 heteroatoms. The van der Waals surface area contributed by atoms with Gasteiger partial charge in [-0.15, -0.1) is 0 Å². The van der Waals surface area contributed by atoms with Gasteiger partial charge >= 0.3 is 5.97 Å². The lowest BCUT2D eigenvalue weighted by molar-refractivity contribution is 0.0696. The van der Waals surface area contributed by atoms with Crippen molar-refractivity contribution in [1.82, 2.24) is 10.3 Å². The highest BCUT2D eigenvalue weighted by Gasteiger charge is 2.20. The van der Waals surface area contributed by atoms with Crippen LogP contribution in [0, 0.1) is 5.82 Å². The van der Waals surface area contributed by atoms with Crippen molar-refractivity contribution in [3.05, 3.63) is 87.3 Å². The van der Waals surface area contributed by atoms with Gasteiger partial charge in [-0.05, 0) is 42.8 Å². The molecule has 3 rings (SSSR count). The number of carbonyl (C=O) groups excluding carboxylic acids is 1. The lowest BCUT2D eigenvalue weighted by Crippen LogP contribution is -2.27. The summed E-state index contributed by atoms with van der Waals surface area (Å²) in [6.07, 6.45) is 1.27. The Hall–Kier alpha value is -3.16. The summed E-state index contributed by atoms with van der Waals surface area (Å²) >= 11 is 11.7. The predicted molar refractivity (Wildman–Crippen MR) is 110 cm³/mol. The summed E-state index contributed by atoms with van der Waals surface area (Å²) in [5.74, 6) is -2.72. The summed E-state index contributed by atoms with van der Waals surface area (Å²) < 4.78 is 19.6. The average molecular weight is 449 g/mol. The molecule has 0 unspecified atom stereocenters. The van der Waals surface area contributed by atoms with Crippen LogP contribution in [0.25, 0.3) is 0 Å². The molecule has 3 aromatic rings. The Morgan fingerprint density at radius 1 is 1.17 bits per heavy atom. The summed E-state index contributed by atoms with van der Waals surface area (Å²) in [6, 6.07) is 11.2. The number of rotatable bonds is 6. The fourth-order valence-electron chi connectivity index (χ4n) is 2.61. The number of hydrogen-bond donors (Lipinski definition) is 2. The van der Waals surface area contributed by atoms with Crippen LogP contribution < -0.4 is 10.1 Å². The third-order valence-corrected chi connectivity index (χ3v) is 4.69. The summed E-state index contributed by atoms with van der Waals surface area (Å²) in [7, 11) is 0. The number of halogens is 3. The van der Waals surface area contributed by atoms with Gasteiger partial charge in [0.05, 0.1) is 21.7 Å². The first-order chi connectivity index (χ1) is 14.3. The molecule has 1 heterocycles. The van der Waals surface area contributed by atoms with Crippen molar-refractivity contribution in [2.75, 3.05) is 0 Å². The van der Waals surface area contributed by atoms with E-state index >= 15 is 0 Å². The molecule has 0 spiro atoms. The van der Waals surface area contributed by atoms with Crippen molar-refractivity contribution < 1.29 is 23.8 Å². The molecule has 0 saturated heterocycles. The van der Waals surface area contributed by atoms with Crippen LogP contribution >= 0.6 is 23.2 Å². The van der Waals surface area contributed by atoms with Crippen LogP contribution in [0.4, 0.5) is 4.39 Å². The zero-order valence-corrected chi connectivity index (χ0v) is 17.0. The third kappa shape index (κ3) is 4.87. The SMILES string of the molecule is C[C@H](NC(=O)c1cc(Cl)cnc1Oc1cccc(Cl)c1F)c1ccc(C(=O)O)cc1. The summed E-state index contributed by atoms with van der Waals surface area (Å²) in [5.41, 5.74) is 0.818. The second kappa shape index (κ2) is 9.11. The number of carboxylic acids is 1. The van der Waals surface area contributed by atoms with Gasteiger partial charge in [0.2, 0.25) is 5.88 Å². The fourth-order valence-corrected chi connectivity index (χ4v) is 2.93. The van der Waals surface area contributed by atoms with E-state index in [1.165, 1.54) is 42.6 Å². The van der Waals surface area contributed by atoms with Crippen molar-refractivity contribution in [3.63, 3.8) is 0 Å². The number of hydrogen-bond acceptors (Lipinski definition) is 4. The number of aromatic carboxylic acids is 1. The second-order valence-electron chi connectivity index (χ2n) is 6.28. The number of amides is 1. The number of carboxylic acid groups (broad SMARTS) is 1. The highest BCUT2D eigenvalue weighted by Crippen LogP contribution is 2.30. The first-order valence-corrected chi connectivity index (χ1v) is 9.43. The van der Waals surface area contributed by atoms with E-state index in [0.717, 1.165) is 0 Å². The molecule has 1 amide bonds. The lowest BCUT2D eigenvalue weighted by Gasteiger charge is -2.16. The van der Waals surface area contributed by atoms with Gasteiger partial charge in [-0.1, -0.05) is 41.4 Å². The summed E-state index contributed by atoms with van der Waals surface area (Å²) in [5, 5.41) is 11.8. The minimum Gasteiger partial charge on any atom is -0.478 e. The minimum atomic E-state index is -1.04. The molecular formula is C21H15Cl2FN2O4. The molecule has 0 aliphatic heterocycles. The Balaban J connectivity index is 1.83. The number of benzene rings is 2. The van der Waals surface area contributed by atoms with Crippen molar-refractivity contribution >= 4 is 35.1 Å². The lowest BCUT2D eigenvalue weighted by atomic mass is 10.1. The molecule has 2 aromatic carbocycles. The molecule has 6 nitrogen and oxygen atoms in total. The van der Waals surface area contributed by atoms with Crippen LogP contribution in [-0.2, 0) is 0 Å². The Kier molecular flexibility index (Phi) is 6.54. The Labute approximate surface area is 181 Å². The topological polar surface area (TPSA) is 88.5 Å². The van der Waals surface area contributed by atoms with E-state index in [1.54, 1.807) is 19.1 Å². The number of nitrogens with zero attached hydrogens (tertiary/aromatic N) is 1. The maximum atomic E-state index is 14.2. The average Bonchev–Trinajstić information content (AvgIpc) is 2.72. The van der Waals surface area contributed by atoms with Gasteiger partial charge in [0, 0.05) is 6.20 Å². The monoisotopic (exact) mass is 448 g/mol. The number of pyridine rings is 1. The number of carbonyl (C=O) groups is 2. The molecule has 0 radical (unpaired) electrons. The Morgan fingerprint density at radius 2 is 1.87 bits per heavy atom. The van der Waals surface area contributed by atoms with E-state index < -0.39 is 23.7 Å². The highest BCUT2D eigenvalue weighted by atomic mass is 35.5. The van der Waals surface area contributed by atoms with Gasteiger partial charge in [-0.2, -0.15) is 0 Å². The maximum absolute atomic E-state index is 14.2. The van der Waals surface area contributed by atoms with Gasteiger partial charge in [-0.25, -0.2) is 14.2 Å². The van der Waals surface area contributed by atoms with Crippen LogP contribution in [0.5, 0.6) is 11.6 Å². The standard InChI is InChI=1S/C21H15Cl2FN2O4/c1-11(12-5-7-13(8-6-12)21(28)29)26-19(27)15-9-14(22)10-25-20(15)30-17-4-2-3-16(23)18(17)24/h2-11H,1H3,(H,26,27)(H,28,29)/t11-/m0/s1. The quantitative estimate of drug-likeness (QED) is 0.518. The zero-order chi connectivity index (χ0) is 21.8. The zero-order valence-electron chi connectivity index (χ0n) is 15.5. The molecule has 0 bridgehead atoms. The molecule has 0 aliphatic rings. The minimum absolute atomic E-state index is 0.00381. The van der Waals surface area contributed by atoms with Crippen LogP contribution in [-0.4, -0.2) is 22.0 Å². The van der Waals surface area contributed by atoms with Crippen molar-refractivity contribution in [2.45, 2.75) is 13.0 Å². The van der Waals surface area contributed by atoms with E-state index in [9.17, 15) is 14.0 Å². The molecule has 1 aromatic heterocycles. The first-order valence-electron chi connectivity index (χ1n) is 8.67. The summed E-state index contributed by atoms with van der Waals surface area (Å²) in [4.78, 5) is 27.8. The van der Waals surface area contributed by atoms with Gasteiger partial charge < -0.3 is 15.2 Å². The van der Waals surface area contributed by atoms with Gasteiger partial charge in [0.1, 0.15) is 5.56 Å². The molecule has 0 aliphatic carbocycles. The highest BCUT2D eigenvalue weighted by molar-refractivity contribution is 6.31. The van der Waals surface area contributed by atoms with Crippen molar-refractivity contribution in [3.8, 4) is 11.6 Å². The maximum Gasteiger partial charge on any atom is 0.335 e. The van der Waals surface area contributed by atoms with Gasteiger partial charge in [0.25, 0.3) is 5.91 Å². The van der Waals surface area contributed by atoms with Crippen molar-refractivity contribution in [1.29, 1.82) is 0 Å². The predicted octanol–water partition coefficient (Wildman–Crippen LogP) is 5.51. The van der Waals surface area contributed by atoms with E-state index in [-0.39, 0.29) is 32.8 Å². The van der Waals surface area contributed by atoms with Crippen LogP contribution in [0.2, 0.25) is 10.0 Å². The largest absolute Gasteiger partial charge is 0.478 e. The number of ether oxygens (including phenoxy) is 1.